The van der Waals surface area contributed by atoms with Crippen LogP contribution in [0.3, 0.4) is 0 Å². The van der Waals surface area contributed by atoms with Crippen LogP contribution in [0.5, 0.6) is 0 Å². The normalized spacial score (nSPS) is 21.2. The molecule has 2 fully saturated rings. The van der Waals surface area contributed by atoms with Gasteiger partial charge in [0.25, 0.3) is 5.56 Å². The Kier molecular flexibility index (Phi) is 6.91. The minimum Gasteiger partial charge on any atom is -0.336 e. The van der Waals surface area contributed by atoms with E-state index in [1.165, 1.54) is 36.0 Å². The summed E-state index contributed by atoms with van der Waals surface area (Å²) in [6, 6.07) is 4.73. The molecule has 11 heteroatoms. The summed E-state index contributed by atoms with van der Waals surface area (Å²) in [5.74, 6) is 2.20. The highest BCUT2D eigenvalue weighted by atomic mass is 32.3. The van der Waals surface area contributed by atoms with Crippen molar-refractivity contribution in [3.8, 4) is 0 Å². The zero-order valence-electron chi connectivity index (χ0n) is 20.8. The number of ketones is 1. The van der Waals surface area contributed by atoms with E-state index in [0.29, 0.717) is 60.9 Å². The zero-order chi connectivity index (χ0) is 26.3. The van der Waals surface area contributed by atoms with Crippen molar-refractivity contribution in [1.82, 2.24) is 19.1 Å². The second kappa shape index (κ2) is 10.00. The summed E-state index contributed by atoms with van der Waals surface area (Å²) in [6.07, 6.45) is 6.53. The Hall–Kier alpha value is -3.08. The van der Waals surface area contributed by atoms with Crippen molar-refractivity contribution in [3.63, 3.8) is 0 Å². The Balaban J connectivity index is 1.33. The van der Waals surface area contributed by atoms with Gasteiger partial charge in [-0.3, -0.25) is 18.7 Å². The topological polar surface area (TPSA) is 124 Å². The van der Waals surface area contributed by atoms with Gasteiger partial charge in [0.05, 0.1) is 4.90 Å². The lowest BCUT2D eigenvalue weighted by molar-refractivity contribution is 0.0979. The van der Waals surface area contributed by atoms with Crippen molar-refractivity contribution >= 4 is 27.2 Å². The molecule has 3 atom stereocenters. The Morgan fingerprint density at radius 1 is 1.08 bits per heavy atom. The first-order chi connectivity index (χ1) is 17.7. The Morgan fingerprint density at radius 3 is 2.46 bits per heavy atom. The molecule has 0 spiro atoms. The van der Waals surface area contributed by atoms with Gasteiger partial charge >= 0.3 is 15.9 Å². The third-order valence-corrected chi connectivity index (χ3v) is 8.74. The molecule has 5 rings (SSSR count). The van der Waals surface area contributed by atoms with Crippen molar-refractivity contribution < 1.29 is 17.1 Å². The van der Waals surface area contributed by atoms with E-state index in [9.17, 15) is 26.7 Å². The number of carbonyl (C=O) groups excluding carboxylic acids is 1. The van der Waals surface area contributed by atoms with Gasteiger partial charge in [-0.1, -0.05) is 25.5 Å². The van der Waals surface area contributed by atoms with E-state index in [1.807, 2.05) is 6.92 Å². The summed E-state index contributed by atoms with van der Waals surface area (Å²) in [4.78, 5) is 46.4. The maximum Gasteiger partial charge on any atom is 0.332 e. The van der Waals surface area contributed by atoms with Gasteiger partial charge in [0.15, 0.2) is 11.4 Å². The number of fused-ring (bicyclic) bond motifs is 3. The van der Waals surface area contributed by atoms with Crippen LogP contribution < -0.4 is 11.2 Å². The molecule has 2 saturated carbocycles. The third-order valence-electron chi connectivity index (χ3n) is 7.91. The fourth-order valence-corrected chi connectivity index (χ4v) is 6.53. The van der Waals surface area contributed by atoms with Crippen LogP contribution in [-0.4, -0.2) is 33.3 Å². The molecule has 2 aliphatic rings. The molecule has 2 heterocycles. The molecule has 1 N–H and O–H groups in total. The number of nitrogens with one attached hydrogen (secondary N) is 1. The van der Waals surface area contributed by atoms with Crippen LogP contribution in [0, 0.1) is 11.8 Å². The molecule has 1 aromatic carbocycles. The van der Waals surface area contributed by atoms with E-state index in [2.05, 4.69) is 4.98 Å². The van der Waals surface area contributed by atoms with E-state index in [-0.39, 0.29) is 23.5 Å². The molecule has 0 aliphatic heterocycles. The first kappa shape index (κ1) is 25.6. The number of unbranched alkanes of at least 4 members (excludes halogenated alkanes) is 1. The Labute approximate surface area is 213 Å². The standard InChI is InChI=1S/C26H31FN4O5S/c1-2-12-31-25(33)22-24(29-23(28-22)20-15-16-6-7-18(20)14-16)30(26(31)34)13-4-3-5-21(32)17-8-10-19(11-9-17)37(27,35)36/h8-11,16,18,20H,2-7,12-15H2,1H3,(H,28,29)/t16?,18?,20-/m0/s1. The minimum absolute atomic E-state index is 0.186. The van der Waals surface area contributed by atoms with Gasteiger partial charge in [-0.05, 0) is 62.5 Å². The number of imidazole rings is 1. The molecule has 0 amide bonds. The zero-order valence-corrected chi connectivity index (χ0v) is 21.6. The summed E-state index contributed by atoms with van der Waals surface area (Å²) >= 11 is 0. The highest BCUT2D eigenvalue weighted by Gasteiger charge is 2.41. The molecule has 2 unspecified atom stereocenters. The van der Waals surface area contributed by atoms with Crippen molar-refractivity contribution in [3.05, 3.63) is 56.5 Å². The third kappa shape index (κ3) is 4.93. The van der Waals surface area contributed by atoms with Gasteiger partial charge < -0.3 is 4.98 Å². The average Bonchev–Trinajstić information content (AvgIpc) is 3.61. The fourth-order valence-electron chi connectivity index (χ4n) is 6.07. The number of aromatic nitrogens is 4. The van der Waals surface area contributed by atoms with Crippen molar-refractivity contribution in [2.45, 2.75) is 82.2 Å². The van der Waals surface area contributed by atoms with Gasteiger partial charge in [-0.15, -0.1) is 3.89 Å². The van der Waals surface area contributed by atoms with Crippen LogP contribution in [0.1, 0.15) is 80.4 Å². The number of carbonyl (C=O) groups is 1. The van der Waals surface area contributed by atoms with E-state index in [4.69, 9.17) is 4.98 Å². The van der Waals surface area contributed by atoms with Gasteiger partial charge in [-0.2, -0.15) is 8.42 Å². The van der Waals surface area contributed by atoms with Crippen LogP contribution in [0.2, 0.25) is 0 Å². The van der Waals surface area contributed by atoms with Crippen LogP contribution in [0.4, 0.5) is 3.89 Å². The van der Waals surface area contributed by atoms with E-state index < -0.39 is 15.1 Å². The average molecular weight is 531 g/mol. The lowest BCUT2D eigenvalue weighted by Gasteiger charge is -2.18. The van der Waals surface area contributed by atoms with Crippen LogP contribution in [0.25, 0.3) is 11.2 Å². The second-order valence-electron chi connectivity index (χ2n) is 10.3. The maximum atomic E-state index is 13.2. The first-order valence-corrected chi connectivity index (χ1v) is 14.4. The number of aromatic amines is 1. The molecule has 2 aliphatic carbocycles. The van der Waals surface area contributed by atoms with Crippen molar-refractivity contribution in [2.24, 2.45) is 11.8 Å². The number of rotatable bonds is 10. The molecule has 37 heavy (non-hydrogen) atoms. The predicted molar refractivity (Wildman–Crippen MR) is 136 cm³/mol. The summed E-state index contributed by atoms with van der Waals surface area (Å²) in [6.45, 7) is 2.54. The van der Waals surface area contributed by atoms with Crippen molar-refractivity contribution in [2.75, 3.05) is 0 Å². The molecule has 3 aromatic rings. The maximum absolute atomic E-state index is 13.2. The molecule has 198 valence electrons. The molecule has 0 radical (unpaired) electrons. The molecule has 0 saturated heterocycles. The molecule has 9 nitrogen and oxygen atoms in total. The van der Waals surface area contributed by atoms with Gasteiger partial charge in [0.2, 0.25) is 0 Å². The second-order valence-corrected chi connectivity index (χ2v) is 11.7. The number of hydrogen-bond acceptors (Lipinski definition) is 6. The highest BCUT2D eigenvalue weighted by molar-refractivity contribution is 7.86. The Bertz CT molecular complexity index is 1550. The lowest BCUT2D eigenvalue weighted by atomic mass is 9.88. The number of H-pyrrole nitrogens is 1. The van der Waals surface area contributed by atoms with E-state index in [0.717, 1.165) is 30.3 Å². The minimum atomic E-state index is -4.81. The summed E-state index contributed by atoms with van der Waals surface area (Å²) in [5, 5.41) is 0. The van der Waals surface area contributed by atoms with Gasteiger partial charge in [0, 0.05) is 31.0 Å². The van der Waals surface area contributed by atoms with Crippen LogP contribution in [0.15, 0.2) is 38.8 Å². The molecule has 2 aromatic heterocycles. The van der Waals surface area contributed by atoms with E-state index >= 15 is 0 Å². The number of nitrogens with zero attached hydrogens (tertiary/aromatic N) is 3. The SMILES string of the molecule is CCCn1c(=O)c2[nH]c([C@H]3CC4CCC3C4)nc2n(CCCCC(=O)c2ccc(S(=O)(=O)F)cc2)c1=O. The van der Waals surface area contributed by atoms with E-state index in [1.54, 1.807) is 4.57 Å². The van der Waals surface area contributed by atoms with Crippen molar-refractivity contribution in [1.29, 1.82) is 0 Å². The number of halogens is 1. The Morgan fingerprint density at radius 2 is 1.84 bits per heavy atom. The highest BCUT2D eigenvalue weighted by Crippen LogP contribution is 2.52. The van der Waals surface area contributed by atoms with Crippen LogP contribution >= 0.6 is 0 Å². The lowest BCUT2D eigenvalue weighted by Crippen LogP contribution is -2.40. The first-order valence-electron chi connectivity index (χ1n) is 13.0. The largest absolute Gasteiger partial charge is 0.336 e. The monoisotopic (exact) mass is 530 g/mol. The fraction of sp³-hybridized carbons (Fsp3) is 0.538. The number of Topliss-reactive ketones (excluding diaryl/α,β-unsaturated/α-hetero) is 1. The number of aryl methyl sites for hydroxylation is 1. The summed E-state index contributed by atoms with van der Waals surface area (Å²) in [5.41, 5.74) is 0.319. The van der Waals surface area contributed by atoms with Gasteiger partial charge in [0.1, 0.15) is 11.3 Å². The number of hydrogen-bond donors (Lipinski definition) is 1. The number of benzene rings is 1. The van der Waals surface area contributed by atoms with Gasteiger partial charge in [-0.25, -0.2) is 9.78 Å². The predicted octanol–water partition coefficient (Wildman–Crippen LogP) is 3.91. The quantitative estimate of drug-likeness (QED) is 0.241. The smallest absolute Gasteiger partial charge is 0.332 e. The molecular weight excluding hydrogens is 499 g/mol. The summed E-state index contributed by atoms with van der Waals surface area (Å²) < 4.78 is 37.8. The van der Waals surface area contributed by atoms with Crippen LogP contribution in [-0.2, 0) is 23.3 Å². The summed E-state index contributed by atoms with van der Waals surface area (Å²) in [7, 11) is -4.81. The molecular formula is C26H31FN4O5S. The molecule has 2 bridgehead atoms.